The van der Waals surface area contributed by atoms with Gasteiger partial charge in [-0.2, -0.15) is 0 Å². The lowest BCUT2D eigenvalue weighted by atomic mass is 10.2. The Kier molecular flexibility index (Phi) is 5.44. The van der Waals surface area contributed by atoms with Crippen molar-refractivity contribution >= 4 is 27.7 Å². The number of furan rings is 1. The van der Waals surface area contributed by atoms with E-state index in [0.717, 1.165) is 10.0 Å². The summed E-state index contributed by atoms with van der Waals surface area (Å²) in [7, 11) is 0. The molecule has 0 bridgehead atoms. The topological polar surface area (TPSA) is 80.6 Å². The second-order valence-corrected chi connectivity index (χ2v) is 5.88. The van der Waals surface area contributed by atoms with Crippen molar-refractivity contribution in [3.63, 3.8) is 0 Å². The van der Waals surface area contributed by atoms with Gasteiger partial charge in [0, 0.05) is 0 Å². The van der Waals surface area contributed by atoms with Crippen molar-refractivity contribution in [2.45, 2.75) is 26.9 Å². The Balaban J connectivity index is 1.90. The molecule has 0 aliphatic heterocycles. The molecule has 122 valence electrons. The summed E-state index contributed by atoms with van der Waals surface area (Å²) in [6.45, 7) is 5.21. The standard InChI is InChI=1S/C16H17BrN2O4/c1-9-4-5-14(13(17)8-9)23-11(3)15(20)18-19-16(21)12-6-7-22-10(12)2/h4-8,11H,1-3H3,(H,18,20)(H,19,21). The fourth-order valence-electron chi connectivity index (χ4n) is 1.85. The fourth-order valence-corrected chi connectivity index (χ4v) is 2.44. The maximum absolute atomic E-state index is 12.0. The molecule has 0 aliphatic carbocycles. The molecule has 1 aromatic heterocycles. The van der Waals surface area contributed by atoms with E-state index >= 15 is 0 Å². The molecule has 2 amide bonds. The first kappa shape index (κ1) is 17.1. The van der Waals surface area contributed by atoms with E-state index in [1.54, 1.807) is 19.9 Å². The minimum absolute atomic E-state index is 0.361. The summed E-state index contributed by atoms with van der Waals surface area (Å²) >= 11 is 3.38. The molecular weight excluding hydrogens is 364 g/mol. The van der Waals surface area contributed by atoms with E-state index < -0.39 is 17.9 Å². The van der Waals surface area contributed by atoms with Crippen molar-refractivity contribution in [3.8, 4) is 5.75 Å². The second kappa shape index (κ2) is 7.32. The Labute approximate surface area is 142 Å². The van der Waals surface area contributed by atoms with Gasteiger partial charge in [-0.3, -0.25) is 20.4 Å². The zero-order valence-corrected chi connectivity index (χ0v) is 14.6. The van der Waals surface area contributed by atoms with Crippen molar-refractivity contribution in [2.75, 3.05) is 0 Å². The third-order valence-corrected chi connectivity index (χ3v) is 3.78. The van der Waals surface area contributed by atoms with Gasteiger partial charge in [-0.15, -0.1) is 0 Å². The van der Waals surface area contributed by atoms with Crippen LogP contribution in [0.2, 0.25) is 0 Å². The Bertz CT molecular complexity index is 727. The quantitative estimate of drug-likeness (QED) is 0.799. The lowest BCUT2D eigenvalue weighted by Crippen LogP contribution is -2.47. The van der Waals surface area contributed by atoms with Crippen LogP contribution in [0.15, 0.2) is 39.4 Å². The van der Waals surface area contributed by atoms with Crippen molar-refractivity contribution in [1.82, 2.24) is 10.9 Å². The minimum Gasteiger partial charge on any atom is -0.480 e. The van der Waals surface area contributed by atoms with Gasteiger partial charge in [-0.05, 0) is 60.5 Å². The van der Waals surface area contributed by atoms with Crippen LogP contribution in [0.25, 0.3) is 0 Å². The Morgan fingerprint density at radius 3 is 2.57 bits per heavy atom. The third kappa shape index (κ3) is 4.35. The molecule has 1 aromatic carbocycles. The van der Waals surface area contributed by atoms with Crippen LogP contribution in [-0.4, -0.2) is 17.9 Å². The molecule has 1 atom stereocenters. The maximum atomic E-state index is 12.0. The molecule has 0 aliphatic rings. The number of halogens is 1. The SMILES string of the molecule is Cc1ccc(OC(C)C(=O)NNC(=O)c2ccoc2C)c(Br)c1. The van der Waals surface area contributed by atoms with Gasteiger partial charge in [0.25, 0.3) is 11.8 Å². The first-order valence-corrected chi connectivity index (χ1v) is 7.75. The summed E-state index contributed by atoms with van der Waals surface area (Å²) in [5.41, 5.74) is 6.09. The molecule has 7 heteroatoms. The highest BCUT2D eigenvalue weighted by Gasteiger charge is 2.18. The van der Waals surface area contributed by atoms with Gasteiger partial charge >= 0.3 is 0 Å². The number of amides is 2. The lowest BCUT2D eigenvalue weighted by Gasteiger charge is -2.16. The minimum atomic E-state index is -0.778. The number of carbonyl (C=O) groups excluding carboxylic acids is 2. The molecule has 6 nitrogen and oxygen atoms in total. The number of nitrogens with one attached hydrogen (secondary N) is 2. The smallest absolute Gasteiger partial charge is 0.279 e. The van der Waals surface area contributed by atoms with E-state index in [0.29, 0.717) is 17.1 Å². The molecule has 2 rings (SSSR count). The molecule has 23 heavy (non-hydrogen) atoms. The van der Waals surface area contributed by atoms with E-state index in [9.17, 15) is 9.59 Å². The molecule has 0 saturated carbocycles. The van der Waals surface area contributed by atoms with Crippen molar-refractivity contribution in [3.05, 3.63) is 51.9 Å². The zero-order valence-electron chi connectivity index (χ0n) is 13.0. The van der Waals surface area contributed by atoms with Gasteiger partial charge in [-0.1, -0.05) is 6.07 Å². The van der Waals surface area contributed by atoms with Gasteiger partial charge in [0.1, 0.15) is 11.5 Å². The van der Waals surface area contributed by atoms with Crippen molar-refractivity contribution in [2.24, 2.45) is 0 Å². The van der Waals surface area contributed by atoms with E-state index in [2.05, 4.69) is 26.8 Å². The average Bonchev–Trinajstić information content (AvgIpc) is 2.93. The molecule has 1 unspecified atom stereocenters. The highest BCUT2D eigenvalue weighted by atomic mass is 79.9. The summed E-state index contributed by atoms with van der Waals surface area (Å²) in [5, 5.41) is 0. The zero-order chi connectivity index (χ0) is 17.0. The third-order valence-electron chi connectivity index (χ3n) is 3.16. The molecule has 2 N–H and O–H groups in total. The number of carbonyl (C=O) groups is 2. The van der Waals surface area contributed by atoms with Gasteiger partial charge < -0.3 is 9.15 Å². The Morgan fingerprint density at radius 1 is 1.22 bits per heavy atom. The molecular formula is C16H17BrN2O4. The van der Waals surface area contributed by atoms with Crippen LogP contribution in [0.5, 0.6) is 5.75 Å². The summed E-state index contributed by atoms with van der Waals surface area (Å²) in [4.78, 5) is 23.9. The molecule has 2 aromatic rings. The first-order valence-electron chi connectivity index (χ1n) is 6.95. The summed E-state index contributed by atoms with van der Waals surface area (Å²) < 4.78 is 11.4. The highest BCUT2D eigenvalue weighted by molar-refractivity contribution is 9.10. The largest absolute Gasteiger partial charge is 0.480 e. The molecule has 0 radical (unpaired) electrons. The van der Waals surface area contributed by atoms with E-state index in [1.807, 2.05) is 19.1 Å². The van der Waals surface area contributed by atoms with Crippen LogP contribution >= 0.6 is 15.9 Å². The van der Waals surface area contributed by atoms with Gasteiger partial charge in [0.2, 0.25) is 0 Å². The predicted octanol–water partition coefficient (Wildman–Crippen LogP) is 2.89. The van der Waals surface area contributed by atoms with Crippen LogP contribution in [-0.2, 0) is 4.79 Å². The molecule has 0 saturated heterocycles. The number of ether oxygens (including phenoxy) is 1. The fraction of sp³-hybridized carbons (Fsp3) is 0.250. The second-order valence-electron chi connectivity index (χ2n) is 5.03. The number of rotatable bonds is 4. The maximum Gasteiger partial charge on any atom is 0.279 e. The Morgan fingerprint density at radius 2 is 1.96 bits per heavy atom. The number of benzene rings is 1. The van der Waals surface area contributed by atoms with Crippen LogP contribution in [0.4, 0.5) is 0 Å². The highest BCUT2D eigenvalue weighted by Crippen LogP contribution is 2.26. The number of hydrogen-bond acceptors (Lipinski definition) is 4. The summed E-state index contributed by atoms with van der Waals surface area (Å²) in [5.74, 6) is 0.111. The molecule has 1 heterocycles. The van der Waals surface area contributed by atoms with Crippen LogP contribution < -0.4 is 15.6 Å². The van der Waals surface area contributed by atoms with Gasteiger partial charge in [0.15, 0.2) is 6.10 Å². The summed E-state index contributed by atoms with van der Waals surface area (Å²) in [6, 6.07) is 7.08. The lowest BCUT2D eigenvalue weighted by molar-refractivity contribution is -0.128. The predicted molar refractivity (Wildman–Crippen MR) is 88.0 cm³/mol. The van der Waals surface area contributed by atoms with E-state index in [-0.39, 0.29) is 0 Å². The van der Waals surface area contributed by atoms with Crippen molar-refractivity contribution < 1.29 is 18.7 Å². The van der Waals surface area contributed by atoms with E-state index in [4.69, 9.17) is 9.15 Å². The van der Waals surface area contributed by atoms with Crippen LogP contribution in [0, 0.1) is 13.8 Å². The average molecular weight is 381 g/mol. The van der Waals surface area contributed by atoms with Crippen LogP contribution in [0.3, 0.4) is 0 Å². The molecule has 0 fully saturated rings. The summed E-state index contributed by atoms with van der Waals surface area (Å²) in [6.07, 6.45) is 0.631. The molecule has 0 spiro atoms. The first-order chi connectivity index (χ1) is 10.9. The number of hydrazine groups is 1. The van der Waals surface area contributed by atoms with Gasteiger partial charge in [-0.25, -0.2) is 0 Å². The monoisotopic (exact) mass is 380 g/mol. The van der Waals surface area contributed by atoms with Crippen molar-refractivity contribution in [1.29, 1.82) is 0 Å². The van der Waals surface area contributed by atoms with E-state index in [1.165, 1.54) is 12.3 Å². The van der Waals surface area contributed by atoms with Gasteiger partial charge in [0.05, 0.1) is 16.3 Å². The number of aryl methyl sites for hydroxylation is 2. The Hall–Kier alpha value is -2.28. The number of hydrogen-bond donors (Lipinski definition) is 2. The van der Waals surface area contributed by atoms with Crippen LogP contribution in [0.1, 0.15) is 28.6 Å². The normalized spacial score (nSPS) is 11.7.